The van der Waals surface area contributed by atoms with Crippen LogP contribution in [0.1, 0.15) is 20.3 Å². The molecular formula is C11H17NO2. The van der Waals surface area contributed by atoms with Gasteiger partial charge in [0.1, 0.15) is 5.76 Å². The highest BCUT2D eigenvalue weighted by atomic mass is 16.5. The van der Waals surface area contributed by atoms with Gasteiger partial charge in [-0.15, -0.1) is 0 Å². The molecule has 0 unspecified atom stereocenters. The van der Waals surface area contributed by atoms with E-state index in [1.54, 1.807) is 6.08 Å². The predicted molar refractivity (Wildman–Crippen MR) is 57.5 cm³/mol. The second-order valence-corrected chi connectivity index (χ2v) is 3.08. The third-order valence-corrected chi connectivity index (χ3v) is 1.40. The number of amides is 1. The largest absolute Gasteiger partial charge is 0.493 e. The molecule has 0 heterocycles. The first kappa shape index (κ1) is 12.5. The third kappa shape index (κ3) is 7.16. The first-order valence-electron chi connectivity index (χ1n) is 4.45. The molecule has 0 aromatic carbocycles. The molecule has 0 saturated heterocycles. The highest BCUT2D eigenvalue weighted by Crippen LogP contribution is 2.01. The maximum Gasteiger partial charge on any atom is 0.220 e. The van der Waals surface area contributed by atoms with E-state index in [1.165, 1.54) is 5.57 Å². The molecule has 0 radical (unpaired) electrons. The molecule has 0 aliphatic rings. The van der Waals surface area contributed by atoms with Crippen molar-refractivity contribution in [2.24, 2.45) is 5.73 Å². The summed E-state index contributed by atoms with van der Waals surface area (Å²) in [5.41, 5.74) is 6.14. The molecular weight excluding hydrogens is 178 g/mol. The molecule has 0 bridgehead atoms. The van der Waals surface area contributed by atoms with Crippen molar-refractivity contribution in [2.45, 2.75) is 20.3 Å². The van der Waals surface area contributed by atoms with Crippen LogP contribution in [0.15, 0.2) is 36.1 Å². The highest BCUT2D eigenvalue weighted by Gasteiger charge is 1.95. The summed E-state index contributed by atoms with van der Waals surface area (Å²) in [5, 5.41) is 0. The lowest BCUT2D eigenvalue weighted by Gasteiger charge is -2.03. The Morgan fingerprint density at radius 3 is 2.50 bits per heavy atom. The van der Waals surface area contributed by atoms with Gasteiger partial charge in [-0.3, -0.25) is 4.79 Å². The topological polar surface area (TPSA) is 52.3 Å². The lowest BCUT2D eigenvalue weighted by Crippen LogP contribution is -2.13. The zero-order valence-electron chi connectivity index (χ0n) is 8.75. The first-order valence-corrected chi connectivity index (χ1v) is 4.45. The van der Waals surface area contributed by atoms with Crippen LogP contribution in [0.25, 0.3) is 0 Å². The minimum atomic E-state index is -0.365. The number of carbonyl (C=O) groups excluding carboxylic acids is 1. The number of nitrogens with two attached hydrogens (primary N) is 1. The average molecular weight is 195 g/mol. The van der Waals surface area contributed by atoms with Crippen LogP contribution in [-0.4, -0.2) is 12.5 Å². The van der Waals surface area contributed by atoms with E-state index < -0.39 is 0 Å². The summed E-state index contributed by atoms with van der Waals surface area (Å²) in [6.45, 7) is 7.87. The molecule has 0 fully saturated rings. The van der Waals surface area contributed by atoms with Gasteiger partial charge in [0.25, 0.3) is 0 Å². The van der Waals surface area contributed by atoms with E-state index in [0.717, 1.165) is 0 Å². The number of hydrogen-bond donors (Lipinski definition) is 1. The molecule has 0 spiro atoms. The highest BCUT2D eigenvalue weighted by molar-refractivity contribution is 5.73. The molecule has 0 aliphatic heterocycles. The smallest absolute Gasteiger partial charge is 0.220 e. The van der Waals surface area contributed by atoms with E-state index in [-0.39, 0.29) is 12.3 Å². The summed E-state index contributed by atoms with van der Waals surface area (Å²) in [7, 11) is 0. The lowest BCUT2D eigenvalue weighted by atomic mass is 10.3. The molecule has 0 aromatic rings. The van der Waals surface area contributed by atoms with E-state index in [1.807, 2.05) is 26.0 Å². The van der Waals surface area contributed by atoms with Gasteiger partial charge in [-0.1, -0.05) is 18.2 Å². The van der Waals surface area contributed by atoms with E-state index in [4.69, 9.17) is 10.5 Å². The minimum absolute atomic E-state index is 0.222. The van der Waals surface area contributed by atoms with Crippen molar-refractivity contribution < 1.29 is 9.53 Å². The van der Waals surface area contributed by atoms with Gasteiger partial charge in [-0.05, 0) is 26.0 Å². The Morgan fingerprint density at radius 2 is 2.07 bits per heavy atom. The SMILES string of the molecule is C=C/C(=C\C=C(C)C)OCCC(N)=O. The summed E-state index contributed by atoms with van der Waals surface area (Å²) in [4.78, 5) is 10.4. The Kier molecular flexibility index (Phi) is 6.20. The van der Waals surface area contributed by atoms with Gasteiger partial charge in [0.15, 0.2) is 0 Å². The number of carbonyl (C=O) groups is 1. The molecule has 0 atom stereocenters. The number of primary amides is 1. The van der Waals surface area contributed by atoms with Crippen LogP contribution in [0.5, 0.6) is 0 Å². The van der Waals surface area contributed by atoms with Gasteiger partial charge in [0.05, 0.1) is 13.0 Å². The van der Waals surface area contributed by atoms with E-state index >= 15 is 0 Å². The van der Waals surface area contributed by atoms with Gasteiger partial charge < -0.3 is 10.5 Å². The monoisotopic (exact) mass is 195 g/mol. The van der Waals surface area contributed by atoms with Crippen molar-refractivity contribution in [1.82, 2.24) is 0 Å². The number of rotatable bonds is 6. The van der Waals surface area contributed by atoms with Gasteiger partial charge in [-0.25, -0.2) is 0 Å². The number of allylic oxidation sites excluding steroid dienone is 4. The fourth-order valence-corrected chi connectivity index (χ4v) is 0.693. The fourth-order valence-electron chi connectivity index (χ4n) is 0.693. The van der Waals surface area contributed by atoms with Gasteiger partial charge in [0, 0.05) is 0 Å². The first-order chi connectivity index (χ1) is 6.56. The lowest BCUT2D eigenvalue weighted by molar-refractivity contribution is -0.118. The number of hydrogen-bond acceptors (Lipinski definition) is 2. The van der Waals surface area contributed by atoms with Crippen LogP contribution in [0.4, 0.5) is 0 Å². The van der Waals surface area contributed by atoms with Crippen LogP contribution < -0.4 is 5.73 Å². The van der Waals surface area contributed by atoms with Gasteiger partial charge in [0.2, 0.25) is 5.91 Å². The zero-order chi connectivity index (χ0) is 11.0. The summed E-state index contributed by atoms with van der Waals surface area (Å²) in [6.07, 6.45) is 5.55. The fraction of sp³-hybridized carbons (Fsp3) is 0.364. The van der Waals surface area contributed by atoms with Crippen molar-refractivity contribution in [1.29, 1.82) is 0 Å². The minimum Gasteiger partial charge on any atom is -0.493 e. The summed E-state index contributed by atoms with van der Waals surface area (Å²) < 4.78 is 5.25. The van der Waals surface area contributed by atoms with E-state index in [2.05, 4.69) is 6.58 Å². The normalized spacial score (nSPS) is 10.6. The molecule has 0 rings (SSSR count). The summed E-state index contributed by atoms with van der Waals surface area (Å²) in [5.74, 6) is 0.281. The summed E-state index contributed by atoms with van der Waals surface area (Å²) >= 11 is 0. The molecule has 2 N–H and O–H groups in total. The number of ether oxygens (including phenoxy) is 1. The van der Waals surface area contributed by atoms with Crippen LogP contribution in [0.3, 0.4) is 0 Å². The standard InChI is InChI=1S/C11H17NO2/c1-4-10(6-5-9(2)3)14-8-7-11(12)13/h4-6H,1,7-8H2,2-3H3,(H2,12,13)/b10-6+. The van der Waals surface area contributed by atoms with Crippen molar-refractivity contribution in [3.8, 4) is 0 Å². The van der Waals surface area contributed by atoms with Crippen molar-refractivity contribution in [2.75, 3.05) is 6.61 Å². The van der Waals surface area contributed by atoms with Crippen molar-refractivity contribution >= 4 is 5.91 Å². The molecule has 0 aliphatic carbocycles. The summed E-state index contributed by atoms with van der Waals surface area (Å²) in [6, 6.07) is 0. The zero-order valence-corrected chi connectivity index (χ0v) is 8.75. The quantitative estimate of drug-likeness (QED) is 0.520. The molecule has 3 heteroatoms. The van der Waals surface area contributed by atoms with Crippen LogP contribution in [0, 0.1) is 0 Å². The second kappa shape index (κ2) is 6.95. The Bertz CT molecular complexity index is 260. The molecule has 1 amide bonds. The molecule has 0 aromatic heterocycles. The van der Waals surface area contributed by atoms with Crippen molar-refractivity contribution in [3.05, 3.63) is 36.1 Å². The predicted octanol–water partition coefficient (Wildman–Crippen LogP) is 1.91. The Labute approximate surface area is 84.9 Å². The Morgan fingerprint density at radius 1 is 1.43 bits per heavy atom. The van der Waals surface area contributed by atoms with Crippen molar-refractivity contribution in [3.63, 3.8) is 0 Å². The van der Waals surface area contributed by atoms with Crippen LogP contribution in [0.2, 0.25) is 0 Å². The average Bonchev–Trinajstić information content (AvgIpc) is 2.10. The van der Waals surface area contributed by atoms with Crippen LogP contribution in [-0.2, 0) is 9.53 Å². The molecule has 14 heavy (non-hydrogen) atoms. The Balaban J connectivity index is 4.03. The second-order valence-electron chi connectivity index (χ2n) is 3.08. The maximum atomic E-state index is 10.4. The Hall–Kier alpha value is -1.51. The van der Waals surface area contributed by atoms with E-state index in [9.17, 15) is 4.79 Å². The third-order valence-electron chi connectivity index (χ3n) is 1.40. The van der Waals surface area contributed by atoms with Crippen LogP contribution >= 0.6 is 0 Å². The molecule has 0 saturated carbocycles. The molecule has 3 nitrogen and oxygen atoms in total. The van der Waals surface area contributed by atoms with Gasteiger partial charge in [-0.2, -0.15) is 0 Å². The maximum absolute atomic E-state index is 10.4. The van der Waals surface area contributed by atoms with Gasteiger partial charge >= 0.3 is 0 Å². The van der Waals surface area contributed by atoms with E-state index in [0.29, 0.717) is 12.4 Å². The molecule has 78 valence electrons.